The molecule has 5 atom stereocenters. The average Bonchev–Trinajstić information content (AvgIpc) is 2.96. The first-order valence-corrected chi connectivity index (χ1v) is 10.5. The molecular formula is C20H26BBrO4. The third-order valence-corrected chi connectivity index (χ3v) is 7.58. The topological polar surface area (TPSA) is 44.8 Å². The second kappa shape index (κ2) is 6.35. The highest BCUT2D eigenvalue weighted by Gasteiger charge is 2.68. The Kier molecular flexibility index (Phi) is 4.52. The Labute approximate surface area is 164 Å². The number of alkyl halides is 1. The zero-order chi connectivity index (χ0) is 18.7. The third-order valence-electron chi connectivity index (χ3n) is 6.99. The fourth-order valence-electron chi connectivity index (χ4n) is 5.40. The lowest BCUT2D eigenvalue weighted by Gasteiger charge is -2.64. The zero-order valence-electron chi connectivity index (χ0n) is 15.8. The van der Waals surface area contributed by atoms with E-state index in [2.05, 4.69) is 36.7 Å². The number of esters is 1. The summed E-state index contributed by atoms with van der Waals surface area (Å²) in [6, 6.07) is 7.96. The lowest BCUT2D eigenvalue weighted by Crippen LogP contribution is -2.65. The monoisotopic (exact) mass is 420 g/mol. The number of hydrogen-bond acceptors (Lipinski definition) is 4. The molecule has 1 unspecified atom stereocenters. The smallest absolute Gasteiger partial charge is 0.457 e. The fraction of sp³-hybridized carbons (Fsp3) is 0.650. The van der Waals surface area contributed by atoms with Gasteiger partial charge >= 0.3 is 13.1 Å². The number of ether oxygens (including phenoxy) is 1. The van der Waals surface area contributed by atoms with E-state index in [9.17, 15) is 4.79 Å². The van der Waals surface area contributed by atoms with E-state index >= 15 is 0 Å². The SMILES string of the molecule is CC(=O)OC(CBr)c1ccccc1B1O[C@@H]2C[C@@H]3C[C@@H](C3(C)C)[C@]2(C)O1. The van der Waals surface area contributed by atoms with Crippen molar-refractivity contribution in [3.8, 4) is 0 Å². The van der Waals surface area contributed by atoms with Crippen LogP contribution >= 0.6 is 15.9 Å². The normalized spacial score (nSPS) is 35.4. The van der Waals surface area contributed by atoms with Gasteiger partial charge in [0.2, 0.25) is 0 Å². The number of hydrogen-bond donors (Lipinski definition) is 0. The van der Waals surface area contributed by atoms with Crippen LogP contribution in [0.15, 0.2) is 24.3 Å². The summed E-state index contributed by atoms with van der Waals surface area (Å²) in [5.41, 5.74) is 1.97. The molecule has 1 saturated heterocycles. The van der Waals surface area contributed by atoms with Crippen molar-refractivity contribution in [3.05, 3.63) is 29.8 Å². The van der Waals surface area contributed by atoms with Crippen LogP contribution in [-0.4, -0.2) is 30.1 Å². The Morgan fingerprint density at radius 1 is 1.35 bits per heavy atom. The van der Waals surface area contributed by atoms with Gasteiger partial charge in [0, 0.05) is 12.3 Å². The predicted molar refractivity (Wildman–Crippen MR) is 104 cm³/mol. The first kappa shape index (κ1) is 18.5. The van der Waals surface area contributed by atoms with Crippen molar-refractivity contribution in [1.82, 2.24) is 0 Å². The van der Waals surface area contributed by atoms with Crippen molar-refractivity contribution in [3.63, 3.8) is 0 Å². The van der Waals surface area contributed by atoms with Gasteiger partial charge in [-0.1, -0.05) is 54.0 Å². The van der Waals surface area contributed by atoms with Crippen LogP contribution in [0, 0.1) is 17.3 Å². The zero-order valence-corrected chi connectivity index (χ0v) is 17.4. The van der Waals surface area contributed by atoms with Gasteiger partial charge in [0.25, 0.3) is 0 Å². The van der Waals surface area contributed by atoms with E-state index < -0.39 is 7.12 Å². The molecule has 6 heteroatoms. The summed E-state index contributed by atoms with van der Waals surface area (Å²) in [5, 5.41) is 0.536. The highest BCUT2D eigenvalue weighted by Crippen LogP contribution is 2.65. The summed E-state index contributed by atoms with van der Waals surface area (Å²) in [6.45, 7) is 8.38. The van der Waals surface area contributed by atoms with Crippen molar-refractivity contribution in [2.24, 2.45) is 17.3 Å². The first-order chi connectivity index (χ1) is 12.3. The van der Waals surface area contributed by atoms with Crippen LogP contribution in [0.2, 0.25) is 0 Å². The Hall–Kier alpha value is -0.845. The predicted octanol–water partition coefficient (Wildman–Crippen LogP) is 3.62. The molecule has 5 rings (SSSR count). The van der Waals surface area contributed by atoms with Crippen LogP contribution in [0.5, 0.6) is 0 Å². The van der Waals surface area contributed by atoms with Gasteiger partial charge in [0.05, 0.1) is 11.7 Å². The van der Waals surface area contributed by atoms with E-state index in [1.165, 1.54) is 13.3 Å². The molecule has 0 aromatic heterocycles. The molecule has 3 aliphatic carbocycles. The van der Waals surface area contributed by atoms with Crippen molar-refractivity contribution in [2.75, 3.05) is 5.33 Å². The van der Waals surface area contributed by atoms with Gasteiger partial charge in [0.1, 0.15) is 6.10 Å². The van der Waals surface area contributed by atoms with Crippen molar-refractivity contribution in [2.45, 2.75) is 58.3 Å². The minimum absolute atomic E-state index is 0.133. The van der Waals surface area contributed by atoms with Gasteiger partial charge in [-0.2, -0.15) is 0 Å². The van der Waals surface area contributed by atoms with Crippen molar-refractivity contribution in [1.29, 1.82) is 0 Å². The van der Waals surface area contributed by atoms with Crippen LogP contribution in [0.4, 0.5) is 0 Å². The second-order valence-electron chi connectivity index (χ2n) is 8.68. The number of benzene rings is 1. The lowest BCUT2D eigenvalue weighted by molar-refractivity contribution is -0.199. The lowest BCUT2D eigenvalue weighted by atomic mass is 9.43. The molecule has 0 spiro atoms. The second-order valence-corrected chi connectivity index (χ2v) is 9.33. The molecule has 140 valence electrons. The molecule has 0 amide bonds. The summed E-state index contributed by atoms with van der Waals surface area (Å²) >= 11 is 3.47. The van der Waals surface area contributed by atoms with Crippen LogP contribution in [0.1, 0.15) is 52.2 Å². The van der Waals surface area contributed by atoms with Gasteiger partial charge in [-0.15, -0.1) is 0 Å². The molecule has 26 heavy (non-hydrogen) atoms. The largest absolute Gasteiger partial charge is 0.495 e. The van der Waals surface area contributed by atoms with Crippen LogP contribution in [-0.2, 0) is 18.8 Å². The van der Waals surface area contributed by atoms with Crippen LogP contribution < -0.4 is 5.46 Å². The van der Waals surface area contributed by atoms with Gasteiger partial charge < -0.3 is 14.0 Å². The van der Waals surface area contributed by atoms with Crippen molar-refractivity contribution >= 4 is 34.5 Å². The molecular weight excluding hydrogens is 395 g/mol. The van der Waals surface area contributed by atoms with E-state index in [0.717, 1.165) is 23.4 Å². The fourth-order valence-corrected chi connectivity index (χ4v) is 5.88. The molecule has 0 N–H and O–H groups in total. The van der Waals surface area contributed by atoms with Crippen LogP contribution in [0.3, 0.4) is 0 Å². The number of rotatable bonds is 4. The van der Waals surface area contributed by atoms with E-state index in [1.807, 2.05) is 24.3 Å². The Balaban J connectivity index is 1.63. The van der Waals surface area contributed by atoms with Crippen molar-refractivity contribution < 1.29 is 18.8 Å². The summed E-state index contributed by atoms with van der Waals surface area (Å²) in [7, 11) is -0.409. The molecule has 4 fully saturated rings. The van der Waals surface area contributed by atoms with E-state index in [0.29, 0.717) is 16.7 Å². The maximum Gasteiger partial charge on any atom is 0.495 e. The third kappa shape index (κ3) is 2.68. The summed E-state index contributed by atoms with van der Waals surface area (Å²) in [6.07, 6.45) is 2.07. The molecule has 2 bridgehead atoms. The van der Waals surface area contributed by atoms with Crippen LogP contribution in [0.25, 0.3) is 0 Å². The number of halogens is 1. The number of carbonyl (C=O) groups excluding carboxylic acids is 1. The summed E-state index contributed by atoms with van der Waals surface area (Å²) in [4.78, 5) is 11.5. The summed E-state index contributed by atoms with van der Waals surface area (Å²) in [5.74, 6) is 0.955. The molecule has 0 radical (unpaired) electrons. The average molecular weight is 421 g/mol. The van der Waals surface area contributed by atoms with Gasteiger partial charge in [-0.3, -0.25) is 4.79 Å². The Morgan fingerprint density at radius 2 is 2.08 bits per heavy atom. The standard InChI is InChI=1S/C20H26BBrO4/c1-12(23)24-16(11-22)14-7-5-6-8-15(14)21-25-18-10-13-9-17(19(13,2)3)20(18,4)26-21/h5-8,13,16-18H,9-11H2,1-4H3/t13-,16?,17-,18+,20-/m0/s1. The number of carbonyl (C=O) groups is 1. The van der Waals surface area contributed by atoms with Gasteiger partial charge in [-0.25, -0.2) is 0 Å². The summed E-state index contributed by atoms with van der Waals surface area (Å²) < 4.78 is 18.5. The first-order valence-electron chi connectivity index (χ1n) is 9.42. The van der Waals surface area contributed by atoms with Gasteiger partial charge in [-0.05, 0) is 48.0 Å². The van der Waals surface area contributed by atoms with E-state index in [1.54, 1.807) is 0 Å². The maximum atomic E-state index is 11.5. The molecule has 1 aliphatic heterocycles. The molecule has 4 aliphatic rings. The van der Waals surface area contributed by atoms with Gasteiger partial charge in [0.15, 0.2) is 0 Å². The molecule has 1 aromatic carbocycles. The van der Waals surface area contributed by atoms with E-state index in [-0.39, 0.29) is 23.8 Å². The maximum absolute atomic E-state index is 11.5. The molecule has 1 aromatic rings. The minimum Gasteiger partial charge on any atom is -0.457 e. The highest BCUT2D eigenvalue weighted by molar-refractivity contribution is 9.09. The molecule has 4 nitrogen and oxygen atoms in total. The Bertz CT molecular complexity index is 724. The quantitative estimate of drug-likeness (QED) is 0.424. The van der Waals surface area contributed by atoms with E-state index in [4.69, 9.17) is 14.0 Å². The minimum atomic E-state index is -0.409. The molecule has 1 heterocycles. The molecule has 3 saturated carbocycles. The Morgan fingerprint density at radius 3 is 2.73 bits per heavy atom. The highest BCUT2D eigenvalue weighted by atomic mass is 79.9.